The van der Waals surface area contributed by atoms with Crippen molar-refractivity contribution in [2.24, 2.45) is 0 Å². The maximum Gasteiger partial charge on any atom is 0.472 e. The Bertz CT molecular complexity index is 2360. The highest BCUT2D eigenvalue weighted by Crippen LogP contribution is 2.45. The van der Waals surface area contributed by atoms with Crippen LogP contribution in [0.4, 0.5) is 0 Å². The lowest BCUT2D eigenvalue weighted by molar-refractivity contribution is -0.161. The topological polar surface area (TPSA) is 237 Å². The SMILES string of the molecule is CCCCC/C=C\C/C=C\C/C=C\CCCCCCC(=O)OC[C@H](COP(=O)(O)OCC(O)COP(=O)(O)OC[C@@H](COC(=O)CCCCCCC/C=C\C/C=C\CCCCC)OC(=O)CCCCCCC/C=C\C/C=C\CCCCC)OC(=O)CCCCCCC/C=C\C/C=C\CCCCC. The molecule has 0 spiro atoms. The number of phosphoric acid groups is 2. The Morgan fingerprint density at radius 3 is 0.735 bits per heavy atom. The molecule has 0 radical (unpaired) electrons. The van der Waals surface area contributed by atoms with Crippen molar-refractivity contribution in [3.63, 3.8) is 0 Å². The molecule has 0 aromatic rings. The van der Waals surface area contributed by atoms with Crippen LogP contribution in [0.1, 0.15) is 336 Å². The standard InChI is InChI=1S/C83H144O17P2/c1-5-9-13-17-21-25-29-33-37-38-42-44-48-52-56-60-64-68-81(86)94-74-79(100-83(88)70-66-62-58-54-50-46-41-36-32-28-24-20-16-12-8-4)76-98-102(91,92)96-72-77(84)71-95-101(89,90)97-75-78(99-82(87)69-65-61-57-53-49-45-40-35-31-27-23-19-15-11-7-3)73-93-80(85)67-63-59-55-51-47-43-39-34-30-26-22-18-14-10-6-2/h21-28,33-37,39-42,44,77-79,84H,5-20,29-32,38,43,45-76H2,1-4H3,(H,89,90)(H,91,92)/b25-21-,26-22-,27-23-,28-24-,37-33-,39-34-,40-35-,41-36-,44-42-/t77?,78-,79-/m1/s1. The van der Waals surface area contributed by atoms with Crippen LogP contribution in [0.2, 0.25) is 0 Å². The van der Waals surface area contributed by atoms with Crippen molar-refractivity contribution < 1.29 is 80.2 Å². The highest BCUT2D eigenvalue weighted by atomic mass is 31.2. The molecule has 0 saturated carbocycles. The Balaban J connectivity index is 5.41. The van der Waals surface area contributed by atoms with E-state index >= 15 is 0 Å². The third kappa shape index (κ3) is 74.0. The molecule has 102 heavy (non-hydrogen) atoms. The third-order valence-electron chi connectivity index (χ3n) is 16.7. The summed E-state index contributed by atoms with van der Waals surface area (Å²) in [5, 5.41) is 10.6. The first-order valence-corrected chi connectivity index (χ1v) is 43.1. The summed E-state index contributed by atoms with van der Waals surface area (Å²) >= 11 is 0. The highest BCUT2D eigenvalue weighted by molar-refractivity contribution is 7.47. The lowest BCUT2D eigenvalue weighted by Gasteiger charge is -2.21. The van der Waals surface area contributed by atoms with Crippen LogP contribution in [-0.2, 0) is 65.4 Å². The van der Waals surface area contributed by atoms with E-state index in [2.05, 4.69) is 137 Å². The molecule has 0 aromatic carbocycles. The van der Waals surface area contributed by atoms with Gasteiger partial charge in [-0.2, -0.15) is 0 Å². The second-order valence-corrected chi connectivity index (χ2v) is 29.5. The van der Waals surface area contributed by atoms with Gasteiger partial charge in [-0.05, 0) is 161 Å². The van der Waals surface area contributed by atoms with Crippen LogP contribution in [0.3, 0.4) is 0 Å². The number of carbonyl (C=O) groups excluding carboxylic acids is 4. The first-order chi connectivity index (χ1) is 49.7. The lowest BCUT2D eigenvalue weighted by Crippen LogP contribution is -2.30. The Morgan fingerprint density at radius 2 is 0.480 bits per heavy atom. The van der Waals surface area contributed by atoms with Gasteiger partial charge in [0.1, 0.15) is 19.3 Å². The first kappa shape index (κ1) is 97.7. The molecule has 0 rings (SSSR count). The van der Waals surface area contributed by atoms with Crippen molar-refractivity contribution in [2.45, 2.75) is 354 Å². The fraction of sp³-hybridized carbons (Fsp3) is 0.735. The summed E-state index contributed by atoms with van der Waals surface area (Å²) in [4.78, 5) is 73.0. The predicted molar refractivity (Wildman–Crippen MR) is 418 cm³/mol. The number of rotatable bonds is 75. The highest BCUT2D eigenvalue weighted by Gasteiger charge is 2.30. The number of allylic oxidation sites excluding steroid dienone is 18. The quantitative estimate of drug-likeness (QED) is 0.0169. The third-order valence-corrected chi connectivity index (χ3v) is 18.6. The van der Waals surface area contributed by atoms with Gasteiger partial charge in [-0.1, -0.05) is 259 Å². The molecule has 0 fully saturated rings. The molecule has 3 N–H and O–H groups in total. The Kier molecular flexibility index (Phi) is 71.8. The second kappa shape index (κ2) is 75.0. The molecule has 588 valence electrons. The summed E-state index contributed by atoms with van der Waals surface area (Å²) in [7, 11) is -9.97. The van der Waals surface area contributed by atoms with E-state index in [1.165, 1.54) is 77.0 Å². The maximum atomic E-state index is 13.1. The molecule has 3 unspecified atom stereocenters. The van der Waals surface area contributed by atoms with Gasteiger partial charge in [0.15, 0.2) is 12.2 Å². The van der Waals surface area contributed by atoms with Crippen LogP contribution < -0.4 is 0 Å². The number of hydrogen-bond acceptors (Lipinski definition) is 15. The molecule has 0 bridgehead atoms. The minimum Gasteiger partial charge on any atom is -0.462 e. The Labute approximate surface area is 619 Å². The van der Waals surface area contributed by atoms with Gasteiger partial charge in [0, 0.05) is 25.7 Å². The zero-order valence-corrected chi connectivity index (χ0v) is 66.0. The van der Waals surface area contributed by atoms with Gasteiger partial charge in [-0.15, -0.1) is 0 Å². The molecule has 19 heteroatoms. The van der Waals surface area contributed by atoms with Crippen molar-refractivity contribution in [3.8, 4) is 0 Å². The second-order valence-electron chi connectivity index (χ2n) is 26.6. The Hall–Kier alpha value is -4.28. The van der Waals surface area contributed by atoms with E-state index in [0.29, 0.717) is 25.7 Å². The normalized spacial score (nSPS) is 14.5. The fourth-order valence-electron chi connectivity index (χ4n) is 10.5. The minimum atomic E-state index is -4.99. The first-order valence-electron chi connectivity index (χ1n) is 40.1. The molecule has 0 heterocycles. The smallest absolute Gasteiger partial charge is 0.462 e. The summed E-state index contributed by atoms with van der Waals surface area (Å²) in [6.45, 7) is 4.72. The van der Waals surface area contributed by atoms with E-state index in [1.807, 2.05) is 0 Å². The molecule has 0 aliphatic carbocycles. The molecular weight excluding hydrogens is 1330 g/mol. The van der Waals surface area contributed by atoms with Gasteiger partial charge in [0.25, 0.3) is 0 Å². The van der Waals surface area contributed by atoms with Crippen LogP contribution in [0, 0.1) is 0 Å². The van der Waals surface area contributed by atoms with Gasteiger partial charge < -0.3 is 33.8 Å². The molecule has 0 amide bonds. The average molecular weight is 1480 g/mol. The maximum absolute atomic E-state index is 13.1. The Morgan fingerprint density at radius 1 is 0.275 bits per heavy atom. The summed E-state index contributed by atoms with van der Waals surface area (Å²) in [6, 6.07) is 0. The van der Waals surface area contributed by atoms with Gasteiger partial charge in [0.05, 0.1) is 26.4 Å². The zero-order chi connectivity index (χ0) is 74.6. The van der Waals surface area contributed by atoms with Crippen molar-refractivity contribution in [2.75, 3.05) is 39.6 Å². The van der Waals surface area contributed by atoms with Gasteiger partial charge in [-0.3, -0.25) is 37.3 Å². The van der Waals surface area contributed by atoms with Crippen molar-refractivity contribution in [1.29, 1.82) is 0 Å². The van der Waals surface area contributed by atoms with Crippen LogP contribution >= 0.6 is 15.6 Å². The zero-order valence-electron chi connectivity index (χ0n) is 64.3. The van der Waals surface area contributed by atoms with E-state index in [0.717, 1.165) is 180 Å². The molecule has 0 aliphatic heterocycles. The number of hydrogen-bond donors (Lipinski definition) is 3. The van der Waals surface area contributed by atoms with Gasteiger partial charge >= 0.3 is 39.5 Å². The minimum absolute atomic E-state index is 0.0724. The number of aliphatic hydroxyl groups excluding tert-OH is 1. The summed E-state index contributed by atoms with van der Waals surface area (Å²) in [5.41, 5.74) is 0. The fourth-order valence-corrected chi connectivity index (χ4v) is 12.1. The van der Waals surface area contributed by atoms with Crippen LogP contribution in [0.5, 0.6) is 0 Å². The van der Waals surface area contributed by atoms with Crippen molar-refractivity contribution >= 4 is 39.5 Å². The largest absolute Gasteiger partial charge is 0.472 e. The summed E-state index contributed by atoms with van der Waals surface area (Å²) in [6.07, 6.45) is 80.5. The van der Waals surface area contributed by atoms with Crippen LogP contribution in [-0.4, -0.2) is 96.7 Å². The summed E-state index contributed by atoms with van der Waals surface area (Å²) < 4.78 is 68.6. The van der Waals surface area contributed by atoms with E-state index in [4.69, 9.17) is 37.0 Å². The molecule has 0 saturated heterocycles. The number of unbranched alkanes of at least 4 members (excludes halogenated alkanes) is 31. The van der Waals surface area contributed by atoms with E-state index in [9.17, 15) is 43.2 Å². The van der Waals surface area contributed by atoms with E-state index in [-0.39, 0.29) is 25.7 Å². The molecule has 0 aromatic heterocycles. The number of ether oxygens (including phenoxy) is 4. The number of phosphoric ester groups is 2. The molecule has 0 aliphatic rings. The average Bonchev–Trinajstić information content (AvgIpc) is 0.923. The van der Waals surface area contributed by atoms with Crippen molar-refractivity contribution in [3.05, 3.63) is 109 Å². The molecular formula is C83H144O17P2. The monoisotopic (exact) mass is 1470 g/mol. The van der Waals surface area contributed by atoms with E-state index < -0.39 is 97.5 Å². The van der Waals surface area contributed by atoms with Gasteiger partial charge in [0.2, 0.25) is 0 Å². The van der Waals surface area contributed by atoms with Crippen LogP contribution in [0.25, 0.3) is 0 Å². The van der Waals surface area contributed by atoms with Crippen LogP contribution in [0.15, 0.2) is 109 Å². The van der Waals surface area contributed by atoms with Crippen molar-refractivity contribution in [1.82, 2.24) is 0 Å². The number of aliphatic hydroxyl groups is 1. The number of carbonyl (C=O) groups is 4. The molecule has 5 atom stereocenters. The predicted octanol–water partition coefficient (Wildman–Crippen LogP) is 23.3. The van der Waals surface area contributed by atoms with E-state index in [1.54, 1.807) is 0 Å². The molecule has 17 nitrogen and oxygen atoms in total. The number of esters is 4. The van der Waals surface area contributed by atoms with Gasteiger partial charge in [-0.25, -0.2) is 9.13 Å². The summed E-state index contributed by atoms with van der Waals surface area (Å²) in [5.74, 6) is -2.24. The lowest BCUT2D eigenvalue weighted by atomic mass is 10.1.